The van der Waals surface area contributed by atoms with Crippen LogP contribution in [0.5, 0.6) is 0 Å². The Morgan fingerprint density at radius 3 is 2.60 bits per heavy atom. The van der Waals surface area contributed by atoms with Crippen molar-refractivity contribution in [2.24, 2.45) is 0 Å². The molecule has 1 aromatic carbocycles. The van der Waals surface area contributed by atoms with Gasteiger partial charge in [-0.1, -0.05) is 12.1 Å². The van der Waals surface area contributed by atoms with Gasteiger partial charge in [-0.05, 0) is 38.5 Å². The van der Waals surface area contributed by atoms with Crippen LogP contribution in [0.1, 0.15) is 29.8 Å². The molecule has 1 amide bonds. The van der Waals surface area contributed by atoms with Gasteiger partial charge in [-0.2, -0.15) is 0 Å². The van der Waals surface area contributed by atoms with Gasteiger partial charge in [-0.15, -0.1) is 6.58 Å². The first-order valence-electron chi connectivity index (χ1n) is 6.30. The van der Waals surface area contributed by atoms with Crippen molar-refractivity contribution in [3.63, 3.8) is 0 Å². The molecule has 0 aromatic heterocycles. The second-order valence-electron chi connectivity index (χ2n) is 4.75. The van der Waals surface area contributed by atoms with Crippen LogP contribution < -0.4 is 10.0 Å². The summed E-state index contributed by atoms with van der Waals surface area (Å²) in [5, 5.41) is 2.75. The molecule has 0 saturated carbocycles. The third-order valence-electron chi connectivity index (χ3n) is 2.60. The highest BCUT2D eigenvalue weighted by atomic mass is 32.2. The number of sulfonamides is 1. The Morgan fingerprint density at radius 2 is 2.05 bits per heavy atom. The van der Waals surface area contributed by atoms with E-state index in [2.05, 4.69) is 16.6 Å². The number of hydrogen-bond donors (Lipinski definition) is 2. The lowest BCUT2D eigenvalue weighted by molar-refractivity contribution is 0.0942. The van der Waals surface area contributed by atoms with Crippen LogP contribution in [-0.4, -0.2) is 26.9 Å². The number of rotatable bonds is 6. The minimum atomic E-state index is -3.62. The lowest BCUT2D eigenvalue weighted by Crippen LogP contribution is -2.31. The Kier molecular flexibility index (Phi) is 5.47. The monoisotopic (exact) mass is 296 g/mol. The number of hydrogen-bond acceptors (Lipinski definition) is 3. The van der Waals surface area contributed by atoms with Crippen LogP contribution >= 0.6 is 0 Å². The zero-order chi connectivity index (χ0) is 15.3. The Morgan fingerprint density at radius 1 is 1.40 bits per heavy atom. The van der Waals surface area contributed by atoms with Crippen molar-refractivity contribution >= 4 is 15.9 Å². The smallest absolute Gasteiger partial charge is 0.251 e. The zero-order valence-corrected chi connectivity index (χ0v) is 12.8. The van der Waals surface area contributed by atoms with Crippen molar-refractivity contribution < 1.29 is 13.2 Å². The molecule has 0 unspecified atom stereocenters. The molecule has 0 fully saturated rings. The highest BCUT2D eigenvalue weighted by Gasteiger charge is 2.17. The summed E-state index contributed by atoms with van der Waals surface area (Å²) in [6.07, 6.45) is 1.46. The fourth-order valence-corrected chi connectivity index (χ4v) is 2.63. The first-order chi connectivity index (χ1) is 9.27. The van der Waals surface area contributed by atoms with Crippen molar-refractivity contribution in [1.29, 1.82) is 0 Å². The molecule has 0 aliphatic heterocycles. The first kappa shape index (κ1) is 16.4. The lowest BCUT2D eigenvalue weighted by Gasteiger charge is -2.12. The van der Waals surface area contributed by atoms with Gasteiger partial charge in [0.05, 0.1) is 4.90 Å². The maximum Gasteiger partial charge on any atom is 0.251 e. The number of nitrogens with one attached hydrogen (secondary N) is 2. The van der Waals surface area contributed by atoms with Gasteiger partial charge in [-0.25, -0.2) is 13.1 Å². The number of aryl methyl sites for hydroxylation is 1. The molecular weight excluding hydrogens is 276 g/mol. The molecule has 0 radical (unpaired) electrons. The van der Waals surface area contributed by atoms with Crippen molar-refractivity contribution in [2.75, 3.05) is 6.54 Å². The van der Waals surface area contributed by atoms with Crippen molar-refractivity contribution in [2.45, 2.75) is 31.7 Å². The Labute approximate surface area is 120 Å². The maximum absolute atomic E-state index is 12.0. The van der Waals surface area contributed by atoms with Crippen LogP contribution in [0.4, 0.5) is 0 Å². The normalized spacial score (nSPS) is 11.4. The Hall–Kier alpha value is -1.66. The summed E-state index contributed by atoms with van der Waals surface area (Å²) in [7, 11) is -3.62. The SMILES string of the molecule is C=CCNS(=O)(=O)c1ccc(C)c(C(=O)NC(C)C)c1. The largest absolute Gasteiger partial charge is 0.350 e. The van der Waals surface area contributed by atoms with E-state index in [1.54, 1.807) is 13.0 Å². The molecule has 0 heterocycles. The van der Waals surface area contributed by atoms with Gasteiger partial charge in [0.2, 0.25) is 10.0 Å². The van der Waals surface area contributed by atoms with Crippen LogP contribution in [0.3, 0.4) is 0 Å². The van der Waals surface area contributed by atoms with Gasteiger partial charge in [-0.3, -0.25) is 4.79 Å². The molecule has 0 aliphatic rings. The number of amides is 1. The summed E-state index contributed by atoms with van der Waals surface area (Å²) in [5.41, 5.74) is 1.09. The highest BCUT2D eigenvalue weighted by Crippen LogP contribution is 2.15. The molecule has 0 saturated heterocycles. The van der Waals surface area contributed by atoms with E-state index < -0.39 is 10.0 Å². The fourth-order valence-electron chi connectivity index (χ4n) is 1.60. The zero-order valence-electron chi connectivity index (χ0n) is 11.9. The summed E-state index contributed by atoms with van der Waals surface area (Å²) >= 11 is 0. The van der Waals surface area contributed by atoms with Crippen LogP contribution in [0.25, 0.3) is 0 Å². The van der Waals surface area contributed by atoms with Crippen LogP contribution in [0.15, 0.2) is 35.7 Å². The molecule has 1 aromatic rings. The van der Waals surface area contributed by atoms with E-state index in [1.807, 2.05) is 13.8 Å². The third kappa shape index (κ3) is 4.18. The molecule has 110 valence electrons. The van der Waals surface area contributed by atoms with E-state index >= 15 is 0 Å². The van der Waals surface area contributed by atoms with E-state index in [0.29, 0.717) is 5.56 Å². The second-order valence-corrected chi connectivity index (χ2v) is 6.51. The summed E-state index contributed by atoms with van der Waals surface area (Å²) in [6.45, 7) is 9.06. The molecule has 6 heteroatoms. The standard InChI is InChI=1S/C14H20N2O3S/c1-5-8-15-20(18,19)12-7-6-11(4)13(9-12)14(17)16-10(2)3/h5-7,9-10,15H,1,8H2,2-4H3,(H,16,17). The molecular formula is C14H20N2O3S. The average molecular weight is 296 g/mol. The number of carbonyl (C=O) groups excluding carboxylic acids is 1. The van der Waals surface area contributed by atoms with E-state index in [1.165, 1.54) is 18.2 Å². The minimum Gasteiger partial charge on any atom is -0.350 e. The fraction of sp³-hybridized carbons (Fsp3) is 0.357. The van der Waals surface area contributed by atoms with Gasteiger partial charge in [0, 0.05) is 18.2 Å². The van der Waals surface area contributed by atoms with Gasteiger partial charge < -0.3 is 5.32 Å². The Balaban J connectivity index is 3.14. The molecule has 0 aliphatic carbocycles. The maximum atomic E-state index is 12.0. The summed E-state index contributed by atoms with van der Waals surface area (Å²) in [5.74, 6) is -0.279. The molecule has 0 spiro atoms. The van der Waals surface area contributed by atoms with Crippen LogP contribution in [0, 0.1) is 6.92 Å². The summed E-state index contributed by atoms with van der Waals surface area (Å²) in [4.78, 5) is 12.1. The topological polar surface area (TPSA) is 75.3 Å². The average Bonchev–Trinajstić information content (AvgIpc) is 2.35. The van der Waals surface area contributed by atoms with E-state index in [9.17, 15) is 13.2 Å². The second kappa shape index (κ2) is 6.67. The molecule has 1 rings (SSSR count). The molecule has 20 heavy (non-hydrogen) atoms. The van der Waals surface area contributed by atoms with E-state index in [0.717, 1.165) is 5.56 Å². The van der Waals surface area contributed by atoms with Crippen LogP contribution in [-0.2, 0) is 10.0 Å². The highest BCUT2D eigenvalue weighted by molar-refractivity contribution is 7.89. The quantitative estimate of drug-likeness (QED) is 0.783. The third-order valence-corrected chi connectivity index (χ3v) is 4.02. The van der Waals surface area contributed by atoms with Crippen molar-refractivity contribution in [3.05, 3.63) is 42.0 Å². The molecule has 2 N–H and O–H groups in total. The van der Waals surface area contributed by atoms with Gasteiger partial charge in [0.25, 0.3) is 5.91 Å². The van der Waals surface area contributed by atoms with Gasteiger partial charge in [0.15, 0.2) is 0 Å². The van der Waals surface area contributed by atoms with E-state index in [-0.39, 0.29) is 23.4 Å². The predicted octanol–water partition coefficient (Wildman–Crippen LogP) is 1.60. The van der Waals surface area contributed by atoms with Crippen LogP contribution in [0.2, 0.25) is 0 Å². The molecule has 5 nitrogen and oxygen atoms in total. The predicted molar refractivity (Wildman–Crippen MR) is 79.2 cm³/mol. The Bertz CT molecular complexity index is 607. The van der Waals surface area contributed by atoms with Gasteiger partial charge in [0.1, 0.15) is 0 Å². The molecule has 0 bridgehead atoms. The minimum absolute atomic E-state index is 0.0129. The lowest BCUT2D eigenvalue weighted by atomic mass is 10.1. The van der Waals surface area contributed by atoms with Crippen molar-refractivity contribution in [1.82, 2.24) is 10.0 Å². The van der Waals surface area contributed by atoms with Crippen molar-refractivity contribution in [3.8, 4) is 0 Å². The molecule has 0 atom stereocenters. The number of benzene rings is 1. The first-order valence-corrected chi connectivity index (χ1v) is 7.78. The number of carbonyl (C=O) groups is 1. The van der Waals surface area contributed by atoms with E-state index in [4.69, 9.17) is 0 Å². The summed E-state index contributed by atoms with van der Waals surface area (Å²) < 4.78 is 26.4. The summed E-state index contributed by atoms with van der Waals surface area (Å²) in [6, 6.07) is 4.48. The van der Waals surface area contributed by atoms with Gasteiger partial charge >= 0.3 is 0 Å².